The molecule has 1 aliphatic heterocycles. The fourth-order valence-corrected chi connectivity index (χ4v) is 3.88. The summed E-state index contributed by atoms with van der Waals surface area (Å²) in [6.45, 7) is 0. The first kappa shape index (κ1) is 20.3. The highest BCUT2D eigenvalue weighted by Crippen LogP contribution is 2.41. The average molecular weight is 415 g/mol. The Labute approximate surface area is 180 Å². The number of methoxy groups -OCH3 is 2. The van der Waals surface area contributed by atoms with E-state index < -0.39 is 29.4 Å². The third-order valence-electron chi connectivity index (χ3n) is 5.45. The molecule has 6 heteroatoms. The Morgan fingerprint density at radius 2 is 1.32 bits per heavy atom. The molecule has 2 unspecified atom stereocenters. The van der Waals surface area contributed by atoms with Crippen LogP contribution in [0.15, 0.2) is 78.9 Å². The maximum atomic E-state index is 13.4. The molecule has 0 radical (unpaired) electrons. The molecule has 3 aromatic rings. The predicted octanol–water partition coefficient (Wildman–Crippen LogP) is 3.86. The zero-order chi connectivity index (χ0) is 22.0. The van der Waals surface area contributed by atoms with Crippen molar-refractivity contribution in [3.05, 3.63) is 90.0 Å². The molecule has 0 bridgehead atoms. The van der Waals surface area contributed by atoms with Crippen molar-refractivity contribution in [2.75, 3.05) is 19.1 Å². The lowest BCUT2D eigenvalue weighted by Gasteiger charge is -2.27. The highest BCUT2D eigenvalue weighted by Gasteiger charge is 2.52. The standard InChI is InChI=1S/C25H21NO5/c1-30-19-12-8-17(9-13-19)23(27)21-22(16-6-4-3-5-7-16)26(25(29)24(21)28)18-10-14-20(31-2)15-11-18/h3-15,21-22H,1-2H3. The van der Waals surface area contributed by atoms with E-state index in [9.17, 15) is 14.4 Å². The molecular formula is C25H21NO5. The summed E-state index contributed by atoms with van der Waals surface area (Å²) in [7, 11) is 3.09. The third kappa shape index (κ3) is 3.68. The average Bonchev–Trinajstić information content (AvgIpc) is 3.09. The number of nitrogens with zero attached hydrogens (tertiary/aromatic N) is 1. The van der Waals surface area contributed by atoms with Gasteiger partial charge in [0.05, 0.1) is 20.3 Å². The molecule has 0 N–H and O–H groups in total. The van der Waals surface area contributed by atoms with Crippen molar-refractivity contribution in [2.24, 2.45) is 5.92 Å². The molecule has 31 heavy (non-hydrogen) atoms. The van der Waals surface area contributed by atoms with Gasteiger partial charge < -0.3 is 9.47 Å². The zero-order valence-corrected chi connectivity index (χ0v) is 17.1. The summed E-state index contributed by atoms with van der Waals surface area (Å²) in [5.74, 6) is -1.73. The van der Waals surface area contributed by atoms with Gasteiger partial charge in [0.1, 0.15) is 17.4 Å². The second kappa shape index (κ2) is 8.44. The number of benzene rings is 3. The molecule has 2 atom stereocenters. The van der Waals surface area contributed by atoms with E-state index in [1.54, 1.807) is 55.6 Å². The second-order valence-corrected chi connectivity index (χ2v) is 7.16. The van der Waals surface area contributed by atoms with E-state index >= 15 is 0 Å². The van der Waals surface area contributed by atoms with Crippen LogP contribution < -0.4 is 14.4 Å². The van der Waals surface area contributed by atoms with Crippen LogP contribution in [-0.2, 0) is 9.59 Å². The van der Waals surface area contributed by atoms with E-state index in [1.807, 2.05) is 30.3 Å². The smallest absolute Gasteiger partial charge is 0.295 e. The SMILES string of the molecule is COc1ccc(C(=O)C2C(=O)C(=O)N(c3ccc(OC)cc3)C2c2ccccc2)cc1. The van der Waals surface area contributed by atoms with Gasteiger partial charge in [-0.05, 0) is 54.1 Å². The van der Waals surface area contributed by atoms with E-state index in [-0.39, 0.29) is 0 Å². The van der Waals surface area contributed by atoms with Gasteiger partial charge in [-0.1, -0.05) is 30.3 Å². The zero-order valence-electron chi connectivity index (χ0n) is 17.1. The minimum Gasteiger partial charge on any atom is -0.497 e. The normalized spacial score (nSPS) is 18.2. The molecule has 0 aromatic heterocycles. The van der Waals surface area contributed by atoms with Crippen molar-refractivity contribution in [2.45, 2.75) is 6.04 Å². The van der Waals surface area contributed by atoms with Crippen molar-refractivity contribution in [1.82, 2.24) is 0 Å². The number of ether oxygens (including phenoxy) is 2. The van der Waals surface area contributed by atoms with Crippen molar-refractivity contribution in [1.29, 1.82) is 0 Å². The fourth-order valence-electron chi connectivity index (χ4n) is 3.88. The van der Waals surface area contributed by atoms with Crippen LogP contribution in [0.2, 0.25) is 0 Å². The Kier molecular flexibility index (Phi) is 5.54. The summed E-state index contributed by atoms with van der Waals surface area (Å²) in [5.41, 5.74) is 1.59. The van der Waals surface area contributed by atoms with E-state index in [0.29, 0.717) is 28.3 Å². The monoisotopic (exact) mass is 415 g/mol. The Hall–Kier alpha value is -3.93. The van der Waals surface area contributed by atoms with Crippen LogP contribution in [0, 0.1) is 5.92 Å². The summed E-state index contributed by atoms with van der Waals surface area (Å²) in [6.07, 6.45) is 0. The molecule has 1 fully saturated rings. The molecule has 1 amide bonds. The summed E-state index contributed by atoms with van der Waals surface area (Å²) >= 11 is 0. The molecule has 1 heterocycles. The van der Waals surface area contributed by atoms with Gasteiger partial charge in [-0.15, -0.1) is 0 Å². The minimum atomic E-state index is -1.15. The van der Waals surface area contributed by atoms with Crippen LogP contribution in [-0.4, -0.2) is 31.7 Å². The minimum absolute atomic E-state index is 0.351. The van der Waals surface area contributed by atoms with Gasteiger partial charge in [0.15, 0.2) is 5.78 Å². The number of amides is 1. The summed E-state index contributed by atoms with van der Waals surface area (Å²) < 4.78 is 10.3. The molecule has 4 rings (SSSR count). The van der Waals surface area contributed by atoms with Crippen LogP contribution in [0.25, 0.3) is 0 Å². The van der Waals surface area contributed by atoms with Gasteiger partial charge in [-0.2, -0.15) is 0 Å². The molecule has 6 nitrogen and oxygen atoms in total. The van der Waals surface area contributed by atoms with Crippen LogP contribution in [0.5, 0.6) is 11.5 Å². The number of carbonyl (C=O) groups is 3. The topological polar surface area (TPSA) is 72.9 Å². The predicted molar refractivity (Wildman–Crippen MR) is 115 cm³/mol. The Bertz CT molecular complexity index is 1110. The number of hydrogen-bond donors (Lipinski definition) is 0. The first-order chi connectivity index (χ1) is 15.0. The van der Waals surface area contributed by atoms with Crippen molar-refractivity contribution in [3.8, 4) is 11.5 Å². The quantitative estimate of drug-likeness (QED) is 0.347. The first-order valence-electron chi connectivity index (χ1n) is 9.80. The number of hydrogen-bond acceptors (Lipinski definition) is 5. The molecule has 1 aliphatic rings. The summed E-state index contributed by atoms with van der Waals surface area (Å²) in [4.78, 5) is 40.9. The number of anilines is 1. The van der Waals surface area contributed by atoms with Gasteiger partial charge in [-0.25, -0.2) is 0 Å². The van der Waals surface area contributed by atoms with Crippen molar-refractivity contribution >= 4 is 23.2 Å². The van der Waals surface area contributed by atoms with Gasteiger partial charge in [0.25, 0.3) is 5.91 Å². The van der Waals surface area contributed by atoms with Crippen molar-refractivity contribution in [3.63, 3.8) is 0 Å². The lowest BCUT2D eigenvalue weighted by Crippen LogP contribution is -2.30. The number of carbonyl (C=O) groups excluding carboxylic acids is 3. The molecule has 1 saturated heterocycles. The van der Waals surface area contributed by atoms with Crippen molar-refractivity contribution < 1.29 is 23.9 Å². The van der Waals surface area contributed by atoms with E-state index in [1.165, 1.54) is 12.0 Å². The lowest BCUT2D eigenvalue weighted by atomic mass is 9.86. The van der Waals surface area contributed by atoms with Crippen LogP contribution >= 0.6 is 0 Å². The summed E-state index contributed by atoms with van der Waals surface area (Å²) in [5, 5.41) is 0. The Balaban J connectivity index is 1.80. The van der Waals surface area contributed by atoms with Gasteiger partial charge in [0.2, 0.25) is 5.78 Å². The Morgan fingerprint density at radius 3 is 1.87 bits per heavy atom. The second-order valence-electron chi connectivity index (χ2n) is 7.16. The Morgan fingerprint density at radius 1 is 0.774 bits per heavy atom. The van der Waals surface area contributed by atoms with Crippen LogP contribution in [0.3, 0.4) is 0 Å². The maximum Gasteiger partial charge on any atom is 0.295 e. The largest absolute Gasteiger partial charge is 0.497 e. The fraction of sp³-hybridized carbons (Fsp3) is 0.160. The number of Topliss-reactive ketones (excluding diaryl/α,β-unsaturated/α-hetero) is 2. The highest BCUT2D eigenvalue weighted by molar-refractivity contribution is 6.49. The van der Waals surface area contributed by atoms with Gasteiger partial charge >= 0.3 is 0 Å². The first-order valence-corrected chi connectivity index (χ1v) is 9.80. The molecule has 0 spiro atoms. The molecule has 156 valence electrons. The van der Waals surface area contributed by atoms with Crippen LogP contribution in [0.4, 0.5) is 5.69 Å². The molecule has 3 aromatic carbocycles. The number of rotatable bonds is 6. The van der Waals surface area contributed by atoms with E-state index in [0.717, 1.165) is 0 Å². The van der Waals surface area contributed by atoms with E-state index in [4.69, 9.17) is 9.47 Å². The lowest BCUT2D eigenvalue weighted by molar-refractivity contribution is -0.135. The number of ketones is 2. The van der Waals surface area contributed by atoms with Gasteiger partial charge in [0, 0.05) is 11.3 Å². The molecule has 0 saturated carbocycles. The third-order valence-corrected chi connectivity index (χ3v) is 5.45. The van der Waals surface area contributed by atoms with E-state index in [2.05, 4.69) is 0 Å². The molecule has 0 aliphatic carbocycles. The van der Waals surface area contributed by atoms with Crippen LogP contribution in [0.1, 0.15) is 22.0 Å². The highest BCUT2D eigenvalue weighted by atomic mass is 16.5. The van der Waals surface area contributed by atoms with Gasteiger partial charge in [-0.3, -0.25) is 19.3 Å². The molecular weight excluding hydrogens is 394 g/mol. The maximum absolute atomic E-state index is 13.4. The summed E-state index contributed by atoms with van der Waals surface area (Å²) in [6, 6.07) is 21.8.